The Bertz CT molecular complexity index is 391. The molecule has 0 aromatic heterocycles. The highest BCUT2D eigenvalue weighted by Crippen LogP contribution is 2.33. The molecule has 1 amide bonds. The average molecular weight is 246 g/mol. The molecule has 1 aromatic rings. The third-order valence-electron chi connectivity index (χ3n) is 3.75. The monoisotopic (exact) mass is 246 g/mol. The van der Waals surface area contributed by atoms with Crippen molar-refractivity contribution in [3.8, 4) is 0 Å². The number of hydrogen-bond donors (Lipinski definition) is 2. The third-order valence-corrected chi connectivity index (χ3v) is 3.75. The minimum Gasteiger partial charge on any atom is -0.353 e. The minimum atomic E-state index is -0.106. The van der Waals surface area contributed by atoms with E-state index in [-0.39, 0.29) is 11.8 Å². The Morgan fingerprint density at radius 3 is 2.72 bits per heavy atom. The number of nitrogens with one attached hydrogen (secondary N) is 1. The number of carbonyl (C=O) groups excluding carboxylic acids is 1. The summed E-state index contributed by atoms with van der Waals surface area (Å²) in [7, 11) is 0. The van der Waals surface area contributed by atoms with Crippen LogP contribution in [0.1, 0.15) is 25.3 Å². The summed E-state index contributed by atoms with van der Waals surface area (Å²) >= 11 is 0. The number of benzene rings is 1. The first-order valence-corrected chi connectivity index (χ1v) is 6.79. The summed E-state index contributed by atoms with van der Waals surface area (Å²) in [5.74, 6) is 0.692. The van der Waals surface area contributed by atoms with Crippen LogP contribution in [0.3, 0.4) is 0 Å². The Morgan fingerprint density at radius 2 is 2.17 bits per heavy atom. The maximum atomic E-state index is 12.1. The van der Waals surface area contributed by atoms with Gasteiger partial charge in [0, 0.05) is 12.6 Å². The molecule has 1 saturated carbocycles. The molecule has 1 fully saturated rings. The van der Waals surface area contributed by atoms with Crippen LogP contribution in [0.5, 0.6) is 0 Å². The van der Waals surface area contributed by atoms with Gasteiger partial charge in [-0.05, 0) is 24.3 Å². The molecule has 0 spiro atoms. The van der Waals surface area contributed by atoms with Gasteiger partial charge in [-0.1, -0.05) is 43.7 Å². The van der Waals surface area contributed by atoms with Crippen molar-refractivity contribution in [2.75, 3.05) is 6.54 Å². The molecule has 1 aliphatic carbocycles. The second-order valence-corrected chi connectivity index (χ2v) is 5.14. The Labute approximate surface area is 109 Å². The van der Waals surface area contributed by atoms with Gasteiger partial charge in [0.05, 0.1) is 5.92 Å². The van der Waals surface area contributed by atoms with Gasteiger partial charge in [-0.3, -0.25) is 4.79 Å². The topological polar surface area (TPSA) is 55.1 Å². The number of hydrogen-bond acceptors (Lipinski definition) is 2. The highest BCUT2D eigenvalue weighted by molar-refractivity contribution is 5.79. The summed E-state index contributed by atoms with van der Waals surface area (Å²) in [6.07, 6.45) is 3.01. The summed E-state index contributed by atoms with van der Waals surface area (Å²) in [5.41, 5.74) is 6.90. The van der Waals surface area contributed by atoms with E-state index >= 15 is 0 Å². The zero-order valence-corrected chi connectivity index (χ0v) is 10.9. The van der Waals surface area contributed by atoms with Gasteiger partial charge in [0.15, 0.2) is 0 Å². The second kappa shape index (κ2) is 6.01. The van der Waals surface area contributed by atoms with E-state index < -0.39 is 0 Å². The van der Waals surface area contributed by atoms with Gasteiger partial charge in [0.25, 0.3) is 0 Å². The van der Waals surface area contributed by atoms with E-state index in [1.165, 1.54) is 5.56 Å². The van der Waals surface area contributed by atoms with Gasteiger partial charge in [0.1, 0.15) is 0 Å². The van der Waals surface area contributed by atoms with Gasteiger partial charge in [-0.15, -0.1) is 0 Å². The summed E-state index contributed by atoms with van der Waals surface area (Å²) < 4.78 is 0. The van der Waals surface area contributed by atoms with Crippen LogP contribution < -0.4 is 11.1 Å². The van der Waals surface area contributed by atoms with Crippen LogP contribution in [0.2, 0.25) is 0 Å². The van der Waals surface area contributed by atoms with Crippen LogP contribution >= 0.6 is 0 Å². The number of amides is 1. The van der Waals surface area contributed by atoms with Crippen molar-refractivity contribution in [1.82, 2.24) is 5.32 Å². The van der Waals surface area contributed by atoms with Crippen molar-refractivity contribution in [3.63, 3.8) is 0 Å². The lowest BCUT2D eigenvalue weighted by Gasteiger charge is -2.15. The summed E-state index contributed by atoms with van der Waals surface area (Å²) in [4.78, 5) is 12.1. The molecule has 0 radical (unpaired) electrons. The SMILES string of the molecule is CCC1CC1NC(=O)C(CN)Cc1ccccc1. The molecule has 3 N–H and O–H groups in total. The van der Waals surface area contributed by atoms with E-state index in [4.69, 9.17) is 5.73 Å². The molecule has 3 atom stereocenters. The van der Waals surface area contributed by atoms with Gasteiger partial charge in [-0.25, -0.2) is 0 Å². The lowest BCUT2D eigenvalue weighted by Crippen LogP contribution is -2.38. The Balaban J connectivity index is 1.86. The predicted octanol–water partition coefficient (Wildman–Crippen LogP) is 1.72. The van der Waals surface area contributed by atoms with Crippen molar-refractivity contribution in [2.45, 2.75) is 32.2 Å². The first-order valence-electron chi connectivity index (χ1n) is 6.79. The van der Waals surface area contributed by atoms with E-state index in [1.807, 2.05) is 30.3 Å². The highest BCUT2D eigenvalue weighted by Gasteiger charge is 2.37. The van der Waals surface area contributed by atoms with Crippen LogP contribution in [-0.4, -0.2) is 18.5 Å². The fourth-order valence-corrected chi connectivity index (χ4v) is 2.36. The van der Waals surface area contributed by atoms with E-state index in [0.717, 1.165) is 19.3 Å². The molecule has 1 aliphatic rings. The maximum absolute atomic E-state index is 12.1. The van der Waals surface area contributed by atoms with Crippen molar-refractivity contribution >= 4 is 5.91 Å². The van der Waals surface area contributed by atoms with Crippen molar-refractivity contribution in [1.29, 1.82) is 0 Å². The highest BCUT2D eigenvalue weighted by atomic mass is 16.2. The van der Waals surface area contributed by atoms with Crippen LogP contribution in [0.25, 0.3) is 0 Å². The van der Waals surface area contributed by atoms with Gasteiger partial charge >= 0.3 is 0 Å². The van der Waals surface area contributed by atoms with Gasteiger partial charge < -0.3 is 11.1 Å². The van der Waals surface area contributed by atoms with Crippen LogP contribution in [-0.2, 0) is 11.2 Å². The molecule has 3 nitrogen and oxygen atoms in total. The second-order valence-electron chi connectivity index (χ2n) is 5.14. The molecule has 3 unspecified atom stereocenters. The van der Waals surface area contributed by atoms with E-state index in [1.54, 1.807) is 0 Å². The predicted molar refractivity (Wildman–Crippen MR) is 73.0 cm³/mol. The standard InChI is InChI=1S/C15H22N2O/c1-2-12-9-14(12)17-15(18)13(10-16)8-11-6-4-3-5-7-11/h3-7,12-14H,2,8-10,16H2,1H3,(H,17,18). The van der Waals surface area contributed by atoms with Crippen LogP contribution in [0.15, 0.2) is 30.3 Å². The van der Waals surface area contributed by atoms with Crippen LogP contribution in [0.4, 0.5) is 0 Å². The molecule has 0 heterocycles. The zero-order chi connectivity index (χ0) is 13.0. The maximum Gasteiger partial charge on any atom is 0.224 e. The van der Waals surface area contributed by atoms with E-state index in [2.05, 4.69) is 12.2 Å². The quantitative estimate of drug-likeness (QED) is 0.803. The minimum absolute atomic E-state index is 0.106. The van der Waals surface area contributed by atoms with Crippen molar-refractivity contribution in [2.24, 2.45) is 17.6 Å². The third kappa shape index (κ3) is 3.33. The molecule has 3 heteroatoms. The van der Waals surface area contributed by atoms with E-state index in [0.29, 0.717) is 18.5 Å². The average Bonchev–Trinajstić information content (AvgIpc) is 3.15. The number of carbonyl (C=O) groups is 1. The first kappa shape index (κ1) is 13.1. The Hall–Kier alpha value is -1.35. The Kier molecular flexibility index (Phi) is 4.37. The molecule has 98 valence electrons. The normalized spacial score (nSPS) is 23.4. The fourth-order valence-electron chi connectivity index (χ4n) is 2.36. The molecular formula is C15H22N2O. The molecular weight excluding hydrogens is 224 g/mol. The summed E-state index contributed by atoms with van der Waals surface area (Å²) in [6.45, 7) is 2.57. The largest absolute Gasteiger partial charge is 0.353 e. The zero-order valence-electron chi connectivity index (χ0n) is 10.9. The Morgan fingerprint density at radius 1 is 1.44 bits per heavy atom. The fraction of sp³-hybridized carbons (Fsp3) is 0.533. The molecule has 0 bridgehead atoms. The number of rotatable bonds is 6. The van der Waals surface area contributed by atoms with E-state index in [9.17, 15) is 4.79 Å². The number of nitrogens with two attached hydrogens (primary N) is 1. The molecule has 2 rings (SSSR count). The smallest absolute Gasteiger partial charge is 0.224 e. The van der Waals surface area contributed by atoms with Gasteiger partial charge in [-0.2, -0.15) is 0 Å². The lowest BCUT2D eigenvalue weighted by molar-refractivity contribution is -0.124. The molecule has 18 heavy (non-hydrogen) atoms. The molecule has 1 aromatic carbocycles. The summed E-state index contributed by atoms with van der Waals surface area (Å²) in [5, 5.41) is 3.11. The molecule has 0 aliphatic heterocycles. The van der Waals surface area contributed by atoms with Crippen molar-refractivity contribution in [3.05, 3.63) is 35.9 Å². The van der Waals surface area contributed by atoms with Crippen LogP contribution in [0, 0.1) is 11.8 Å². The summed E-state index contributed by atoms with van der Waals surface area (Å²) in [6, 6.07) is 10.5. The van der Waals surface area contributed by atoms with Crippen molar-refractivity contribution < 1.29 is 4.79 Å². The molecule has 0 saturated heterocycles. The first-order chi connectivity index (χ1) is 8.74. The van der Waals surface area contributed by atoms with Gasteiger partial charge in [0.2, 0.25) is 5.91 Å². The lowest BCUT2D eigenvalue weighted by atomic mass is 9.98.